The van der Waals surface area contributed by atoms with Crippen molar-refractivity contribution in [2.24, 2.45) is 0 Å². The van der Waals surface area contributed by atoms with Crippen molar-refractivity contribution < 1.29 is 9.18 Å². The summed E-state index contributed by atoms with van der Waals surface area (Å²) in [6.45, 7) is 3.82. The summed E-state index contributed by atoms with van der Waals surface area (Å²) in [6.07, 6.45) is 1.32. The molecule has 0 aliphatic carbocycles. The largest absolute Gasteiger partial charge is 0.347 e. The highest BCUT2D eigenvalue weighted by Gasteiger charge is 2.26. The fourth-order valence-corrected chi connectivity index (χ4v) is 2.25. The molecule has 1 unspecified atom stereocenters. The molecular weight excluding hydrogens is 276 g/mol. The number of hydrogen-bond acceptors (Lipinski definition) is 1. The van der Waals surface area contributed by atoms with Crippen LogP contribution in [0.15, 0.2) is 18.2 Å². The van der Waals surface area contributed by atoms with Gasteiger partial charge in [-0.1, -0.05) is 24.6 Å². The molecule has 0 bridgehead atoms. The van der Waals surface area contributed by atoms with Gasteiger partial charge >= 0.3 is 0 Å². The molecule has 0 aromatic heterocycles. The molecule has 1 aromatic carbocycles. The molecule has 1 atom stereocenters. The van der Waals surface area contributed by atoms with Crippen LogP contribution < -0.4 is 5.32 Å². The molecule has 0 spiro atoms. The molecule has 1 N–H and O–H groups in total. The Morgan fingerprint density at radius 3 is 2.67 bits per heavy atom. The van der Waals surface area contributed by atoms with Crippen LogP contribution in [-0.2, 0) is 0 Å². The van der Waals surface area contributed by atoms with Crippen LogP contribution in [0.2, 0.25) is 5.02 Å². The van der Waals surface area contributed by atoms with Gasteiger partial charge in [-0.25, -0.2) is 4.39 Å². The first kappa shape index (κ1) is 15.3. The molecule has 5 heteroatoms. The van der Waals surface area contributed by atoms with Crippen molar-refractivity contribution in [1.82, 2.24) is 5.32 Å². The van der Waals surface area contributed by atoms with E-state index in [4.69, 9.17) is 23.2 Å². The minimum Gasteiger partial charge on any atom is -0.347 e. The van der Waals surface area contributed by atoms with Gasteiger partial charge in [0.05, 0.1) is 10.6 Å². The molecule has 2 nitrogen and oxygen atoms in total. The van der Waals surface area contributed by atoms with E-state index < -0.39 is 17.3 Å². The van der Waals surface area contributed by atoms with Gasteiger partial charge in [-0.3, -0.25) is 4.79 Å². The number of hydrogen-bond donors (Lipinski definition) is 1. The summed E-state index contributed by atoms with van der Waals surface area (Å²) in [7, 11) is 0. The Hall–Kier alpha value is -0.800. The summed E-state index contributed by atoms with van der Waals surface area (Å²) in [5.41, 5.74) is -0.571. The van der Waals surface area contributed by atoms with E-state index in [1.54, 1.807) is 0 Å². The van der Waals surface area contributed by atoms with E-state index in [-0.39, 0.29) is 10.6 Å². The second-order valence-electron chi connectivity index (χ2n) is 4.40. The van der Waals surface area contributed by atoms with Crippen LogP contribution in [0.1, 0.15) is 37.0 Å². The average molecular weight is 292 g/mol. The smallest absolute Gasteiger partial charge is 0.256 e. The van der Waals surface area contributed by atoms with Gasteiger partial charge in [-0.05, 0) is 31.9 Å². The molecule has 1 rings (SSSR count). The lowest BCUT2D eigenvalue weighted by Crippen LogP contribution is -2.46. The van der Waals surface area contributed by atoms with Crippen LogP contribution in [0, 0.1) is 5.82 Å². The van der Waals surface area contributed by atoms with Gasteiger partial charge in [0.1, 0.15) is 5.82 Å². The van der Waals surface area contributed by atoms with Gasteiger partial charge in [-0.15, -0.1) is 11.6 Å². The van der Waals surface area contributed by atoms with E-state index >= 15 is 0 Å². The van der Waals surface area contributed by atoms with Crippen LogP contribution >= 0.6 is 23.2 Å². The van der Waals surface area contributed by atoms with Crippen molar-refractivity contribution >= 4 is 29.1 Å². The van der Waals surface area contributed by atoms with Crippen molar-refractivity contribution in [3.8, 4) is 0 Å². The number of alkyl halides is 1. The Kier molecular flexibility index (Phi) is 5.42. The Labute approximate surface area is 116 Å². The summed E-state index contributed by atoms with van der Waals surface area (Å²) >= 11 is 11.6. The molecule has 0 saturated carbocycles. The molecular formula is C13H16Cl2FNO. The SMILES string of the molecule is CCC(C)(CCCl)NC(=O)c1c(F)cccc1Cl. The van der Waals surface area contributed by atoms with E-state index in [1.807, 2.05) is 13.8 Å². The maximum atomic E-state index is 13.6. The third-order valence-electron chi connectivity index (χ3n) is 3.03. The molecule has 0 radical (unpaired) electrons. The standard InChI is InChI=1S/C13H16Cl2FNO/c1-3-13(2,7-8-14)17-12(18)11-9(15)5-4-6-10(11)16/h4-6H,3,7-8H2,1-2H3,(H,17,18). The average Bonchev–Trinajstić information content (AvgIpc) is 2.29. The van der Waals surface area contributed by atoms with Crippen LogP contribution in [0.3, 0.4) is 0 Å². The monoisotopic (exact) mass is 291 g/mol. The summed E-state index contributed by atoms with van der Waals surface area (Å²) < 4.78 is 13.6. The first-order valence-electron chi connectivity index (χ1n) is 5.76. The molecule has 0 fully saturated rings. The predicted molar refractivity (Wildman–Crippen MR) is 72.9 cm³/mol. The number of halogens is 3. The lowest BCUT2D eigenvalue weighted by atomic mass is 9.95. The number of carbonyl (C=O) groups is 1. The first-order chi connectivity index (χ1) is 8.43. The van der Waals surface area contributed by atoms with E-state index in [9.17, 15) is 9.18 Å². The predicted octanol–water partition coefficient (Wildman–Crippen LogP) is 4.01. The summed E-state index contributed by atoms with van der Waals surface area (Å²) in [5.74, 6) is -0.702. The van der Waals surface area contributed by atoms with Crippen LogP contribution in [0.5, 0.6) is 0 Å². The zero-order valence-electron chi connectivity index (χ0n) is 10.4. The van der Waals surface area contributed by atoms with Gasteiger partial charge in [0.15, 0.2) is 0 Å². The Balaban J connectivity index is 2.95. The zero-order chi connectivity index (χ0) is 13.8. The van der Waals surface area contributed by atoms with Crippen molar-refractivity contribution in [3.63, 3.8) is 0 Å². The Morgan fingerprint density at radius 1 is 1.50 bits per heavy atom. The first-order valence-corrected chi connectivity index (χ1v) is 6.67. The number of rotatable bonds is 5. The van der Waals surface area contributed by atoms with Gasteiger partial charge in [0.25, 0.3) is 5.91 Å². The number of benzene rings is 1. The molecule has 0 aliphatic rings. The number of amides is 1. The Bertz CT molecular complexity index is 419. The number of carbonyl (C=O) groups excluding carboxylic acids is 1. The fourth-order valence-electron chi connectivity index (χ4n) is 1.59. The van der Waals surface area contributed by atoms with E-state index in [2.05, 4.69) is 5.32 Å². The van der Waals surface area contributed by atoms with Gasteiger partial charge < -0.3 is 5.32 Å². The normalized spacial score (nSPS) is 14.1. The van der Waals surface area contributed by atoms with Crippen molar-refractivity contribution in [3.05, 3.63) is 34.6 Å². The zero-order valence-corrected chi connectivity index (χ0v) is 11.9. The topological polar surface area (TPSA) is 29.1 Å². The molecule has 0 saturated heterocycles. The summed E-state index contributed by atoms with van der Waals surface area (Å²) in [4.78, 5) is 12.1. The second-order valence-corrected chi connectivity index (χ2v) is 5.19. The molecule has 0 heterocycles. The quantitative estimate of drug-likeness (QED) is 0.816. The third kappa shape index (κ3) is 3.59. The van der Waals surface area contributed by atoms with Crippen molar-refractivity contribution in [2.75, 3.05) is 5.88 Å². The van der Waals surface area contributed by atoms with Crippen LogP contribution in [0.25, 0.3) is 0 Å². The third-order valence-corrected chi connectivity index (χ3v) is 3.54. The van der Waals surface area contributed by atoms with Gasteiger partial charge in [-0.2, -0.15) is 0 Å². The highest BCUT2D eigenvalue weighted by molar-refractivity contribution is 6.33. The maximum Gasteiger partial charge on any atom is 0.256 e. The number of nitrogens with one attached hydrogen (secondary N) is 1. The van der Waals surface area contributed by atoms with Crippen molar-refractivity contribution in [2.45, 2.75) is 32.2 Å². The van der Waals surface area contributed by atoms with E-state index in [0.717, 1.165) is 0 Å². The molecule has 1 aromatic rings. The van der Waals surface area contributed by atoms with E-state index in [1.165, 1.54) is 18.2 Å². The molecule has 0 aliphatic heterocycles. The second kappa shape index (κ2) is 6.39. The summed E-state index contributed by atoms with van der Waals surface area (Å²) in [5, 5.41) is 2.90. The molecule has 18 heavy (non-hydrogen) atoms. The van der Waals surface area contributed by atoms with Crippen molar-refractivity contribution in [1.29, 1.82) is 0 Å². The lowest BCUT2D eigenvalue weighted by Gasteiger charge is -2.29. The maximum absolute atomic E-state index is 13.6. The van der Waals surface area contributed by atoms with Gasteiger partial charge in [0, 0.05) is 11.4 Å². The van der Waals surface area contributed by atoms with Crippen LogP contribution in [-0.4, -0.2) is 17.3 Å². The van der Waals surface area contributed by atoms with E-state index in [0.29, 0.717) is 18.7 Å². The fraction of sp³-hybridized carbons (Fsp3) is 0.462. The minimum absolute atomic E-state index is 0.108. The molecule has 100 valence electrons. The highest BCUT2D eigenvalue weighted by atomic mass is 35.5. The summed E-state index contributed by atoms with van der Waals surface area (Å²) in [6, 6.07) is 4.17. The minimum atomic E-state index is -0.621. The lowest BCUT2D eigenvalue weighted by molar-refractivity contribution is 0.0897. The highest BCUT2D eigenvalue weighted by Crippen LogP contribution is 2.21. The van der Waals surface area contributed by atoms with Gasteiger partial charge in [0.2, 0.25) is 0 Å². The Morgan fingerprint density at radius 2 is 2.17 bits per heavy atom. The van der Waals surface area contributed by atoms with Crippen LogP contribution in [0.4, 0.5) is 4.39 Å². The molecule has 1 amide bonds.